The summed E-state index contributed by atoms with van der Waals surface area (Å²) in [5.74, 6) is 0.470. The van der Waals surface area contributed by atoms with E-state index >= 15 is 0 Å². The number of rotatable bonds is 13. The number of hydrogen-bond acceptors (Lipinski definition) is 5. The summed E-state index contributed by atoms with van der Waals surface area (Å²) in [6.07, 6.45) is -0.496. The Morgan fingerprint density at radius 1 is 0.947 bits per heavy atom. The first-order valence-corrected chi connectivity index (χ1v) is 7.26. The second-order valence-corrected chi connectivity index (χ2v) is 4.84. The molecule has 0 fully saturated rings. The van der Waals surface area contributed by atoms with Gasteiger partial charge >= 0.3 is 0 Å². The number of aliphatic hydroxyl groups excluding tert-OH is 1. The normalized spacial score (nSPS) is 14.8. The van der Waals surface area contributed by atoms with Crippen LogP contribution in [-0.2, 0) is 14.2 Å². The molecule has 0 saturated carbocycles. The van der Waals surface area contributed by atoms with E-state index in [-0.39, 0.29) is 6.04 Å². The molecule has 2 unspecified atom stereocenters. The Morgan fingerprint density at radius 3 is 2.16 bits per heavy atom. The maximum atomic E-state index is 9.79. The van der Waals surface area contributed by atoms with E-state index in [1.54, 1.807) is 0 Å². The highest BCUT2D eigenvalue weighted by Crippen LogP contribution is 2.02. The first-order valence-electron chi connectivity index (χ1n) is 7.26. The molecule has 0 aliphatic carbocycles. The van der Waals surface area contributed by atoms with Crippen molar-refractivity contribution in [2.45, 2.75) is 39.8 Å². The van der Waals surface area contributed by atoms with Gasteiger partial charge in [-0.2, -0.15) is 0 Å². The summed E-state index contributed by atoms with van der Waals surface area (Å²) in [4.78, 5) is 0. The van der Waals surface area contributed by atoms with Crippen LogP contribution in [-0.4, -0.2) is 63.4 Å². The molecule has 5 heteroatoms. The Morgan fingerprint density at radius 2 is 1.58 bits per heavy atom. The Labute approximate surface area is 117 Å². The molecule has 0 aliphatic rings. The van der Waals surface area contributed by atoms with E-state index < -0.39 is 6.10 Å². The second-order valence-electron chi connectivity index (χ2n) is 4.84. The maximum absolute atomic E-state index is 9.79. The van der Waals surface area contributed by atoms with Gasteiger partial charge in [-0.25, -0.2) is 0 Å². The lowest BCUT2D eigenvalue weighted by molar-refractivity contribution is 0.00366. The standard InChI is InChI=1S/C14H31NO4/c1-5-17-7-8-19-10-13(16)9-15-14(12(3)4)11-18-6-2/h12-16H,5-11H2,1-4H3. The van der Waals surface area contributed by atoms with Crippen molar-refractivity contribution in [1.29, 1.82) is 0 Å². The summed E-state index contributed by atoms with van der Waals surface area (Å²) in [7, 11) is 0. The average Bonchev–Trinajstić information content (AvgIpc) is 2.38. The van der Waals surface area contributed by atoms with Crippen LogP contribution in [0.25, 0.3) is 0 Å². The van der Waals surface area contributed by atoms with Gasteiger partial charge in [-0.15, -0.1) is 0 Å². The zero-order valence-electron chi connectivity index (χ0n) is 12.9. The van der Waals surface area contributed by atoms with Gasteiger partial charge in [-0.3, -0.25) is 0 Å². The Hall–Kier alpha value is -0.200. The van der Waals surface area contributed by atoms with E-state index in [0.29, 0.717) is 52.1 Å². The molecule has 5 nitrogen and oxygen atoms in total. The highest BCUT2D eigenvalue weighted by Gasteiger charge is 2.14. The predicted octanol–water partition coefficient (Wildman–Crippen LogP) is 1.05. The van der Waals surface area contributed by atoms with E-state index in [4.69, 9.17) is 14.2 Å². The zero-order valence-corrected chi connectivity index (χ0v) is 12.9. The topological polar surface area (TPSA) is 60.0 Å². The minimum atomic E-state index is -0.496. The van der Waals surface area contributed by atoms with E-state index in [1.165, 1.54) is 0 Å². The minimum absolute atomic E-state index is 0.262. The molecule has 0 spiro atoms. The SMILES string of the molecule is CCOCCOCC(O)CNC(COCC)C(C)C. The summed E-state index contributed by atoms with van der Waals surface area (Å²) in [5, 5.41) is 13.1. The third-order valence-corrected chi connectivity index (χ3v) is 2.81. The first kappa shape index (κ1) is 18.8. The summed E-state index contributed by atoms with van der Waals surface area (Å²) in [6.45, 7) is 12.3. The van der Waals surface area contributed by atoms with Crippen LogP contribution < -0.4 is 5.32 Å². The van der Waals surface area contributed by atoms with Crippen molar-refractivity contribution < 1.29 is 19.3 Å². The van der Waals surface area contributed by atoms with Gasteiger partial charge in [0.1, 0.15) is 0 Å². The molecule has 0 radical (unpaired) electrons. The lowest BCUT2D eigenvalue weighted by atomic mass is 10.1. The summed E-state index contributed by atoms with van der Waals surface area (Å²) in [5.41, 5.74) is 0. The summed E-state index contributed by atoms with van der Waals surface area (Å²) in [6, 6.07) is 0.262. The molecule has 2 N–H and O–H groups in total. The number of hydrogen-bond donors (Lipinski definition) is 2. The number of nitrogens with one attached hydrogen (secondary N) is 1. The molecule has 0 aromatic heterocycles. The number of ether oxygens (including phenoxy) is 3. The molecule has 0 heterocycles. The van der Waals surface area contributed by atoms with Gasteiger partial charge in [0, 0.05) is 25.8 Å². The van der Waals surface area contributed by atoms with Crippen LogP contribution in [0.15, 0.2) is 0 Å². The third kappa shape index (κ3) is 11.3. The zero-order chi connectivity index (χ0) is 14.5. The Balaban J connectivity index is 3.64. The third-order valence-electron chi connectivity index (χ3n) is 2.81. The molecule has 0 aromatic rings. The average molecular weight is 277 g/mol. The van der Waals surface area contributed by atoms with Crippen LogP contribution in [0.1, 0.15) is 27.7 Å². The Kier molecular flexibility index (Phi) is 12.7. The van der Waals surface area contributed by atoms with Crippen molar-refractivity contribution in [2.75, 3.05) is 46.2 Å². The van der Waals surface area contributed by atoms with Crippen molar-refractivity contribution in [3.05, 3.63) is 0 Å². The maximum Gasteiger partial charge on any atom is 0.0897 e. The van der Waals surface area contributed by atoms with Crippen molar-refractivity contribution in [1.82, 2.24) is 5.32 Å². The van der Waals surface area contributed by atoms with E-state index in [0.717, 1.165) is 0 Å². The van der Waals surface area contributed by atoms with Gasteiger partial charge in [0.2, 0.25) is 0 Å². The number of aliphatic hydroxyl groups is 1. The molecular formula is C14H31NO4. The molecule has 0 aromatic carbocycles. The fourth-order valence-electron chi connectivity index (χ4n) is 1.56. The van der Waals surface area contributed by atoms with Crippen molar-refractivity contribution in [2.24, 2.45) is 5.92 Å². The van der Waals surface area contributed by atoms with Gasteiger partial charge in [0.25, 0.3) is 0 Å². The molecule has 0 rings (SSSR count). The predicted molar refractivity (Wildman–Crippen MR) is 76.4 cm³/mol. The fourth-order valence-corrected chi connectivity index (χ4v) is 1.56. The van der Waals surface area contributed by atoms with Crippen LogP contribution in [0.2, 0.25) is 0 Å². The van der Waals surface area contributed by atoms with Crippen LogP contribution in [0, 0.1) is 5.92 Å². The summed E-state index contributed by atoms with van der Waals surface area (Å²) < 4.78 is 15.9. The van der Waals surface area contributed by atoms with E-state index in [9.17, 15) is 5.11 Å². The highest BCUT2D eigenvalue weighted by atomic mass is 16.5. The van der Waals surface area contributed by atoms with Gasteiger partial charge in [-0.1, -0.05) is 13.8 Å². The molecule has 0 aliphatic heterocycles. The van der Waals surface area contributed by atoms with Gasteiger partial charge in [0.15, 0.2) is 0 Å². The molecule has 0 amide bonds. The van der Waals surface area contributed by atoms with Crippen LogP contribution in [0.5, 0.6) is 0 Å². The largest absolute Gasteiger partial charge is 0.389 e. The van der Waals surface area contributed by atoms with Gasteiger partial charge in [0.05, 0.1) is 32.5 Å². The monoisotopic (exact) mass is 277 g/mol. The smallest absolute Gasteiger partial charge is 0.0897 e. The van der Waals surface area contributed by atoms with Crippen molar-refractivity contribution >= 4 is 0 Å². The van der Waals surface area contributed by atoms with Crippen LogP contribution in [0.4, 0.5) is 0 Å². The van der Waals surface area contributed by atoms with Crippen molar-refractivity contribution in [3.63, 3.8) is 0 Å². The molecular weight excluding hydrogens is 246 g/mol. The second kappa shape index (κ2) is 12.8. The molecule has 19 heavy (non-hydrogen) atoms. The molecule has 116 valence electrons. The first-order chi connectivity index (χ1) is 9.11. The molecule has 0 saturated heterocycles. The van der Waals surface area contributed by atoms with Crippen LogP contribution in [0.3, 0.4) is 0 Å². The lowest BCUT2D eigenvalue weighted by Gasteiger charge is -2.23. The molecule has 2 atom stereocenters. The van der Waals surface area contributed by atoms with Gasteiger partial charge < -0.3 is 24.6 Å². The fraction of sp³-hybridized carbons (Fsp3) is 1.00. The summed E-state index contributed by atoms with van der Waals surface area (Å²) >= 11 is 0. The Bertz CT molecular complexity index is 190. The van der Waals surface area contributed by atoms with E-state index in [1.807, 2.05) is 13.8 Å². The van der Waals surface area contributed by atoms with Crippen LogP contribution >= 0.6 is 0 Å². The minimum Gasteiger partial charge on any atom is -0.389 e. The highest BCUT2D eigenvalue weighted by molar-refractivity contribution is 4.72. The quantitative estimate of drug-likeness (QED) is 0.493. The van der Waals surface area contributed by atoms with Gasteiger partial charge in [-0.05, 0) is 19.8 Å². The van der Waals surface area contributed by atoms with Crippen molar-refractivity contribution in [3.8, 4) is 0 Å². The molecule has 0 bridgehead atoms. The lowest BCUT2D eigenvalue weighted by Crippen LogP contribution is -2.43. The van der Waals surface area contributed by atoms with E-state index in [2.05, 4.69) is 19.2 Å².